The van der Waals surface area contributed by atoms with Crippen molar-refractivity contribution in [1.29, 1.82) is 0 Å². The van der Waals surface area contributed by atoms with Crippen molar-refractivity contribution in [2.45, 2.75) is 45.0 Å². The van der Waals surface area contributed by atoms with Gasteiger partial charge in [0.05, 0.1) is 18.4 Å². The predicted molar refractivity (Wildman–Crippen MR) is 89.6 cm³/mol. The number of amides is 1. The molecule has 2 atom stereocenters. The maximum absolute atomic E-state index is 12.7. The number of hydrogen-bond donors (Lipinski definition) is 0. The fourth-order valence-corrected chi connectivity index (χ4v) is 3.44. The van der Waals surface area contributed by atoms with Gasteiger partial charge in [-0.3, -0.25) is 4.79 Å². The maximum Gasteiger partial charge on any atom is 0.490 e. The Morgan fingerprint density at radius 1 is 1.37 bits per heavy atom. The quantitative estimate of drug-likeness (QED) is 0.745. The lowest BCUT2D eigenvalue weighted by Gasteiger charge is -2.36. The Bertz CT molecular complexity index is 834. The Labute approximate surface area is 153 Å². The van der Waals surface area contributed by atoms with Crippen molar-refractivity contribution in [2.75, 3.05) is 6.54 Å². The minimum Gasteiger partial charge on any atom is -0.446 e. The van der Waals surface area contributed by atoms with Crippen LogP contribution in [0.15, 0.2) is 30.6 Å². The van der Waals surface area contributed by atoms with E-state index in [1.54, 1.807) is 12.4 Å². The molecule has 3 rings (SSSR count). The first-order chi connectivity index (χ1) is 12.8. The zero-order chi connectivity index (χ0) is 19.6. The fraction of sp³-hybridized carbons (Fsp3) is 0.500. The summed E-state index contributed by atoms with van der Waals surface area (Å²) in [4.78, 5) is 29.6. The molecule has 1 fully saturated rings. The number of halogens is 3. The van der Waals surface area contributed by atoms with E-state index in [1.807, 2.05) is 29.5 Å². The monoisotopic (exact) mass is 383 g/mol. The Morgan fingerprint density at radius 2 is 2.15 bits per heavy atom. The smallest absolute Gasteiger partial charge is 0.446 e. The SMILES string of the molecule is CCCC1CC(OC(=O)C(F)(F)F)C(=O)N(Cc2cnc3ccccn23)C1. The lowest BCUT2D eigenvalue weighted by molar-refractivity contribution is -0.208. The summed E-state index contributed by atoms with van der Waals surface area (Å²) < 4.78 is 43.9. The molecular weight excluding hydrogens is 363 g/mol. The Kier molecular flexibility index (Phi) is 5.38. The van der Waals surface area contributed by atoms with E-state index in [4.69, 9.17) is 0 Å². The van der Waals surface area contributed by atoms with Crippen LogP contribution in [0.25, 0.3) is 5.65 Å². The number of piperidine rings is 1. The van der Waals surface area contributed by atoms with Crippen LogP contribution in [0.1, 0.15) is 31.9 Å². The van der Waals surface area contributed by atoms with E-state index < -0.39 is 24.2 Å². The van der Waals surface area contributed by atoms with Gasteiger partial charge in [0.15, 0.2) is 6.10 Å². The Morgan fingerprint density at radius 3 is 2.85 bits per heavy atom. The van der Waals surface area contributed by atoms with Crippen LogP contribution in [-0.2, 0) is 20.9 Å². The average molecular weight is 383 g/mol. The average Bonchev–Trinajstić information content (AvgIpc) is 3.01. The molecule has 0 radical (unpaired) electrons. The number of alkyl halides is 3. The molecule has 27 heavy (non-hydrogen) atoms. The van der Waals surface area contributed by atoms with Gasteiger partial charge in [0.2, 0.25) is 0 Å². The van der Waals surface area contributed by atoms with Gasteiger partial charge < -0.3 is 14.0 Å². The number of likely N-dealkylation sites (tertiary alicyclic amines) is 1. The summed E-state index contributed by atoms with van der Waals surface area (Å²) in [5.74, 6) is -2.96. The fourth-order valence-electron chi connectivity index (χ4n) is 3.44. The van der Waals surface area contributed by atoms with Crippen molar-refractivity contribution in [2.24, 2.45) is 5.92 Å². The Balaban J connectivity index is 1.80. The number of hydrogen-bond acceptors (Lipinski definition) is 4. The number of aromatic nitrogens is 2. The number of fused-ring (bicyclic) bond motifs is 1. The second-order valence-corrected chi connectivity index (χ2v) is 6.68. The third-order valence-corrected chi connectivity index (χ3v) is 4.64. The largest absolute Gasteiger partial charge is 0.490 e. The molecule has 2 unspecified atom stereocenters. The van der Waals surface area contributed by atoms with E-state index in [0.717, 1.165) is 18.5 Å². The van der Waals surface area contributed by atoms with Gasteiger partial charge in [-0.1, -0.05) is 19.4 Å². The summed E-state index contributed by atoms with van der Waals surface area (Å²) in [7, 11) is 0. The van der Waals surface area contributed by atoms with Crippen LogP contribution in [0.2, 0.25) is 0 Å². The van der Waals surface area contributed by atoms with Crippen molar-refractivity contribution in [1.82, 2.24) is 14.3 Å². The zero-order valence-corrected chi connectivity index (χ0v) is 14.8. The third kappa shape index (κ3) is 4.23. The van der Waals surface area contributed by atoms with Crippen LogP contribution in [0.5, 0.6) is 0 Å². The molecule has 0 aromatic carbocycles. The minimum atomic E-state index is -5.12. The number of imidazole rings is 1. The molecule has 0 bridgehead atoms. The van der Waals surface area contributed by atoms with E-state index >= 15 is 0 Å². The van der Waals surface area contributed by atoms with Crippen molar-refractivity contribution >= 4 is 17.5 Å². The number of rotatable bonds is 5. The lowest BCUT2D eigenvalue weighted by atomic mass is 9.91. The standard InChI is InChI=1S/C18H20F3N3O3/c1-2-5-12-8-14(27-17(26)18(19,20)21)16(25)23(10-12)11-13-9-22-15-6-3-4-7-24(13)15/h3-4,6-7,9,12,14H,2,5,8,10-11H2,1H3. The molecular formula is C18H20F3N3O3. The molecule has 0 aliphatic carbocycles. The van der Waals surface area contributed by atoms with Gasteiger partial charge >= 0.3 is 12.1 Å². The van der Waals surface area contributed by atoms with Crippen molar-refractivity contribution in [3.8, 4) is 0 Å². The highest BCUT2D eigenvalue weighted by Crippen LogP contribution is 2.28. The van der Waals surface area contributed by atoms with E-state index in [9.17, 15) is 22.8 Å². The van der Waals surface area contributed by atoms with Gasteiger partial charge in [-0.25, -0.2) is 9.78 Å². The molecule has 0 spiro atoms. The second kappa shape index (κ2) is 7.58. The normalized spacial score (nSPS) is 20.9. The predicted octanol–water partition coefficient (Wildman–Crippen LogP) is 2.96. The first kappa shape index (κ1) is 19.2. The second-order valence-electron chi connectivity index (χ2n) is 6.68. The highest BCUT2D eigenvalue weighted by molar-refractivity contribution is 5.85. The molecule has 1 aliphatic rings. The van der Waals surface area contributed by atoms with E-state index in [1.165, 1.54) is 4.90 Å². The van der Waals surface area contributed by atoms with E-state index in [2.05, 4.69) is 9.72 Å². The van der Waals surface area contributed by atoms with Crippen molar-refractivity contribution in [3.63, 3.8) is 0 Å². The van der Waals surface area contributed by atoms with Gasteiger partial charge in [0.25, 0.3) is 5.91 Å². The Hall–Kier alpha value is -2.58. The summed E-state index contributed by atoms with van der Waals surface area (Å²) in [6, 6.07) is 5.47. The number of pyridine rings is 1. The van der Waals surface area contributed by atoms with Crippen LogP contribution >= 0.6 is 0 Å². The topological polar surface area (TPSA) is 63.9 Å². The van der Waals surface area contributed by atoms with Gasteiger partial charge in [0, 0.05) is 12.7 Å². The highest BCUT2D eigenvalue weighted by atomic mass is 19.4. The molecule has 9 heteroatoms. The summed E-state index contributed by atoms with van der Waals surface area (Å²) in [6.45, 7) is 2.55. The maximum atomic E-state index is 12.7. The molecule has 0 N–H and O–H groups in total. The molecule has 1 aliphatic heterocycles. The van der Waals surface area contributed by atoms with Gasteiger partial charge in [-0.15, -0.1) is 0 Å². The summed E-state index contributed by atoms with van der Waals surface area (Å²) in [6.07, 6.45) is -1.44. The van der Waals surface area contributed by atoms with Gasteiger partial charge in [-0.2, -0.15) is 13.2 Å². The van der Waals surface area contributed by atoms with Crippen LogP contribution < -0.4 is 0 Å². The molecule has 2 aromatic heterocycles. The number of esters is 1. The van der Waals surface area contributed by atoms with Gasteiger partial charge in [0.1, 0.15) is 5.65 Å². The molecule has 1 amide bonds. The molecule has 146 valence electrons. The molecule has 2 aromatic rings. The first-order valence-electron chi connectivity index (χ1n) is 8.77. The van der Waals surface area contributed by atoms with E-state index in [0.29, 0.717) is 12.2 Å². The zero-order valence-electron chi connectivity index (χ0n) is 14.8. The summed E-state index contributed by atoms with van der Waals surface area (Å²) >= 11 is 0. The lowest BCUT2D eigenvalue weighted by Crippen LogP contribution is -2.50. The van der Waals surface area contributed by atoms with Crippen LogP contribution in [0.3, 0.4) is 0 Å². The third-order valence-electron chi connectivity index (χ3n) is 4.64. The van der Waals surface area contributed by atoms with Crippen molar-refractivity contribution in [3.05, 3.63) is 36.3 Å². The highest BCUT2D eigenvalue weighted by Gasteiger charge is 2.45. The number of ether oxygens (including phenoxy) is 1. The first-order valence-corrected chi connectivity index (χ1v) is 8.77. The molecule has 6 nitrogen and oxygen atoms in total. The number of carbonyl (C=O) groups is 2. The van der Waals surface area contributed by atoms with Crippen LogP contribution in [0, 0.1) is 5.92 Å². The summed E-state index contributed by atoms with van der Waals surface area (Å²) in [5, 5.41) is 0. The van der Waals surface area contributed by atoms with Crippen LogP contribution in [0.4, 0.5) is 13.2 Å². The summed E-state index contributed by atoms with van der Waals surface area (Å²) in [5.41, 5.74) is 1.44. The minimum absolute atomic E-state index is 0.0297. The number of carbonyl (C=O) groups excluding carboxylic acids is 2. The van der Waals surface area contributed by atoms with E-state index in [-0.39, 0.29) is 18.9 Å². The molecule has 0 saturated carbocycles. The molecule has 3 heterocycles. The molecule has 1 saturated heterocycles. The van der Waals surface area contributed by atoms with Gasteiger partial charge in [-0.05, 0) is 30.9 Å². The van der Waals surface area contributed by atoms with Crippen molar-refractivity contribution < 1.29 is 27.5 Å². The van der Waals surface area contributed by atoms with Crippen LogP contribution in [-0.4, -0.2) is 45.0 Å². The number of nitrogens with zero attached hydrogens (tertiary/aromatic N) is 3.